The number of hydrogen-bond acceptors (Lipinski definition) is 4. The fourth-order valence-electron chi connectivity index (χ4n) is 3.93. The first-order chi connectivity index (χ1) is 13.4. The van der Waals surface area contributed by atoms with Gasteiger partial charge in [-0.05, 0) is 45.0 Å². The van der Waals surface area contributed by atoms with Gasteiger partial charge in [-0.2, -0.15) is 0 Å². The molecule has 0 aromatic heterocycles. The van der Waals surface area contributed by atoms with Gasteiger partial charge in [0.05, 0.1) is 0 Å². The lowest BCUT2D eigenvalue weighted by molar-refractivity contribution is 0.0682. The van der Waals surface area contributed by atoms with E-state index in [4.69, 9.17) is 9.47 Å². The predicted octanol–water partition coefficient (Wildman–Crippen LogP) is 4.46. The van der Waals surface area contributed by atoms with Crippen LogP contribution in [0, 0.1) is 0 Å². The summed E-state index contributed by atoms with van der Waals surface area (Å²) < 4.78 is 12.1. The molecule has 1 aliphatic rings. The Hall–Kier alpha value is -2.04. The second kappa shape index (κ2) is 8.97. The summed E-state index contributed by atoms with van der Waals surface area (Å²) in [4.78, 5) is 2.19. The van der Waals surface area contributed by atoms with Crippen molar-refractivity contribution in [3.63, 3.8) is 0 Å². The third-order valence-corrected chi connectivity index (χ3v) is 5.45. The molecule has 1 heterocycles. The van der Waals surface area contributed by atoms with Crippen LogP contribution in [0.3, 0.4) is 0 Å². The molecule has 0 fully saturated rings. The lowest BCUT2D eigenvalue weighted by Gasteiger charge is -2.38. The van der Waals surface area contributed by atoms with E-state index < -0.39 is 6.10 Å². The van der Waals surface area contributed by atoms with Crippen LogP contribution in [-0.4, -0.2) is 48.0 Å². The van der Waals surface area contributed by atoms with Gasteiger partial charge in [0.15, 0.2) is 0 Å². The van der Waals surface area contributed by atoms with Crippen LogP contribution in [0.2, 0.25) is 0 Å². The molecule has 2 atom stereocenters. The zero-order valence-corrected chi connectivity index (χ0v) is 17.5. The molecule has 28 heavy (non-hydrogen) atoms. The quantitative estimate of drug-likeness (QED) is 0.731. The van der Waals surface area contributed by atoms with E-state index in [-0.39, 0.29) is 12.2 Å². The van der Waals surface area contributed by atoms with Crippen molar-refractivity contribution in [3.05, 3.63) is 59.7 Å². The SMILES string of the molecule is CCN(CC)CC(O)COc1ccc2c(c1)OC(C)(C)CC2c1ccccc1. The number of ether oxygens (including phenoxy) is 2. The molecule has 0 radical (unpaired) electrons. The van der Waals surface area contributed by atoms with Crippen molar-refractivity contribution in [2.75, 3.05) is 26.2 Å². The van der Waals surface area contributed by atoms with E-state index >= 15 is 0 Å². The van der Waals surface area contributed by atoms with Gasteiger partial charge >= 0.3 is 0 Å². The number of rotatable bonds is 8. The van der Waals surface area contributed by atoms with Crippen LogP contribution in [0.15, 0.2) is 48.5 Å². The summed E-state index contributed by atoms with van der Waals surface area (Å²) >= 11 is 0. The third kappa shape index (κ3) is 5.06. The van der Waals surface area contributed by atoms with Crippen molar-refractivity contribution < 1.29 is 14.6 Å². The number of aliphatic hydroxyl groups is 1. The topological polar surface area (TPSA) is 41.9 Å². The van der Waals surface area contributed by atoms with E-state index in [1.807, 2.05) is 12.1 Å². The van der Waals surface area contributed by atoms with Gasteiger partial charge in [0, 0.05) is 24.1 Å². The first-order valence-corrected chi connectivity index (χ1v) is 10.3. The Balaban J connectivity index is 1.74. The molecule has 0 bridgehead atoms. The van der Waals surface area contributed by atoms with E-state index in [9.17, 15) is 5.11 Å². The van der Waals surface area contributed by atoms with Crippen molar-refractivity contribution in [2.24, 2.45) is 0 Å². The van der Waals surface area contributed by atoms with Crippen LogP contribution in [0.1, 0.15) is 51.2 Å². The van der Waals surface area contributed by atoms with E-state index in [2.05, 4.69) is 69.0 Å². The summed E-state index contributed by atoms with van der Waals surface area (Å²) in [6, 6.07) is 16.7. The smallest absolute Gasteiger partial charge is 0.127 e. The van der Waals surface area contributed by atoms with E-state index in [1.165, 1.54) is 11.1 Å². The van der Waals surface area contributed by atoms with E-state index in [0.717, 1.165) is 31.0 Å². The predicted molar refractivity (Wildman–Crippen MR) is 113 cm³/mol. The maximum atomic E-state index is 10.3. The lowest BCUT2D eigenvalue weighted by Crippen LogP contribution is -2.36. The minimum absolute atomic E-state index is 0.242. The van der Waals surface area contributed by atoms with Gasteiger partial charge in [-0.1, -0.05) is 50.2 Å². The molecule has 0 aliphatic carbocycles. The third-order valence-electron chi connectivity index (χ3n) is 5.45. The molecule has 2 aromatic rings. The van der Waals surface area contributed by atoms with Gasteiger partial charge in [-0.3, -0.25) is 0 Å². The first-order valence-electron chi connectivity index (χ1n) is 10.3. The lowest BCUT2D eigenvalue weighted by atomic mass is 9.80. The van der Waals surface area contributed by atoms with Crippen LogP contribution < -0.4 is 9.47 Å². The number of hydrogen-bond donors (Lipinski definition) is 1. The number of benzene rings is 2. The summed E-state index contributed by atoms with van der Waals surface area (Å²) in [5, 5.41) is 10.3. The summed E-state index contributed by atoms with van der Waals surface area (Å²) in [5.74, 6) is 1.92. The van der Waals surface area contributed by atoms with Gasteiger partial charge in [-0.25, -0.2) is 0 Å². The van der Waals surface area contributed by atoms with Crippen molar-refractivity contribution in [3.8, 4) is 11.5 Å². The van der Waals surface area contributed by atoms with Crippen molar-refractivity contribution in [1.82, 2.24) is 4.90 Å². The minimum atomic E-state index is -0.509. The van der Waals surface area contributed by atoms with Gasteiger partial charge in [0.1, 0.15) is 29.8 Å². The zero-order valence-electron chi connectivity index (χ0n) is 17.5. The Morgan fingerprint density at radius 1 is 1.14 bits per heavy atom. The highest BCUT2D eigenvalue weighted by molar-refractivity contribution is 5.48. The molecule has 4 nitrogen and oxygen atoms in total. The molecule has 1 N–H and O–H groups in total. The molecule has 0 spiro atoms. The standard InChI is InChI=1S/C24H33NO3/c1-5-25(6-2)16-19(26)17-27-20-12-13-21-22(18-10-8-7-9-11-18)15-24(3,4)28-23(21)14-20/h7-14,19,22,26H,5-6,15-17H2,1-4H3. The highest BCUT2D eigenvalue weighted by Crippen LogP contribution is 2.45. The Morgan fingerprint density at radius 2 is 1.86 bits per heavy atom. The van der Waals surface area contributed by atoms with E-state index in [0.29, 0.717) is 12.5 Å². The number of nitrogens with zero attached hydrogens (tertiary/aromatic N) is 1. The average molecular weight is 384 g/mol. The normalized spacial score (nSPS) is 19.0. The van der Waals surface area contributed by atoms with Crippen molar-refractivity contribution in [1.29, 1.82) is 0 Å². The number of aliphatic hydroxyl groups excluding tert-OH is 1. The first kappa shape index (κ1) is 20.7. The molecule has 0 saturated heterocycles. The van der Waals surface area contributed by atoms with Crippen molar-refractivity contribution >= 4 is 0 Å². The maximum Gasteiger partial charge on any atom is 0.127 e. The molecular formula is C24H33NO3. The Bertz CT molecular complexity index is 756. The summed E-state index contributed by atoms with van der Waals surface area (Å²) in [5.41, 5.74) is 2.26. The molecule has 152 valence electrons. The molecule has 4 heteroatoms. The van der Waals surface area contributed by atoms with Crippen LogP contribution in [0.25, 0.3) is 0 Å². The number of fused-ring (bicyclic) bond motifs is 1. The monoisotopic (exact) mass is 383 g/mol. The summed E-state index contributed by atoms with van der Waals surface area (Å²) in [6.07, 6.45) is 0.428. The summed E-state index contributed by atoms with van der Waals surface area (Å²) in [6.45, 7) is 11.2. The van der Waals surface area contributed by atoms with Gasteiger partial charge < -0.3 is 19.5 Å². The molecular weight excluding hydrogens is 350 g/mol. The van der Waals surface area contributed by atoms with Gasteiger partial charge in [0.2, 0.25) is 0 Å². The van der Waals surface area contributed by atoms with Crippen LogP contribution in [0.5, 0.6) is 11.5 Å². The second-order valence-corrected chi connectivity index (χ2v) is 8.18. The molecule has 0 amide bonds. The van der Waals surface area contributed by atoms with Gasteiger partial charge in [-0.15, -0.1) is 0 Å². The van der Waals surface area contributed by atoms with Gasteiger partial charge in [0.25, 0.3) is 0 Å². The Kier molecular flexibility index (Phi) is 6.63. The Labute approximate surface area is 169 Å². The molecule has 1 aliphatic heterocycles. The average Bonchev–Trinajstić information content (AvgIpc) is 2.69. The second-order valence-electron chi connectivity index (χ2n) is 8.18. The van der Waals surface area contributed by atoms with E-state index in [1.54, 1.807) is 0 Å². The zero-order chi connectivity index (χ0) is 20.1. The fourth-order valence-corrected chi connectivity index (χ4v) is 3.93. The Morgan fingerprint density at radius 3 is 2.54 bits per heavy atom. The van der Waals surface area contributed by atoms with Crippen LogP contribution in [-0.2, 0) is 0 Å². The molecule has 2 unspecified atom stereocenters. The molecule has 0 saturated carbocycles. The molecule has 2 aromatic carbocycles. The molecule has 3 rings (SSSR count). The largest absolute Gasteiger partial charge is 0.491 e. The summed E-state index contributed by atoms with van der Waals surface area (Å²) in [7, 11) is 0. The van der Waals surface area contributed by atoms with Crippen LogP contribution in [0.4, 0.5) is 0 Å². The van der Waals surface area contributed by atoms with Crippen molar-refractivity contribution in [2.45, 2.75) is 51.7 Å². The minimum Gasteiger partial charge on any atom is -0.491 e. The maximum absolute atomic E-state index is 10.3. The number of likely N-dealkylation sites (N-methyl/N-ethyl adjacent to an activating group) is 1. The fraction of sp³-hybridized carbons (Fsp3) is 0.500. The highest BCUT2D eigenvalue weighted by atomic mass is 16.5. The highest BCUT2D eigenvalue weighted by Gasteiger charge is 2.34. The van der Waals surface area contributed by atoms with Crippen LogP contribution >= 0.6 is 0 Å².